The molecule has 1 aromatic carbocycles. The summed E-state index contributed by atoms with van der Waals surface area (Å²) in [5, 5.41) is 1.89. The number of carbonyl (C=O) groups is 1. The molecular formula is C13H12OS. The summed E-state index contributed by atoms with van der Waals surface area (Å²) < 4.78 is 0. The first-order valence-corrected chi connectivity index (χ1v) is 5.70. The van der Waals surface area contributed by atoms with Crippen molar-refractivity contribution in [2.24, 2.45) is 0 Å². The third-order valence-electron chi connectivity index (χ3n) is 2.55. The first-order valence-electron chi connectivity index (χ1n) is 4.82. The van der Waals surface area contributed by atoms with Crippen LogP contribution in [-0.2, 0) is 0 Å². The molecular weight excluding hydrogens is 204 g/mol. The highest BCUT2D eigenvalue weighted by molar-refractivity contribution is 7.13. The second-order valence-electron chi connectivity index (χ2n) is 3.66. The summed E-state index contributed by atoms with van der Waals surface area (Å²) in [6.07, 6.45) is 0.890. The molecule has 2 heteroatoms. The fraction of sp³-hybridized carbons (Fsp3) is 0.154. The second kappa shape index (κ2) is 3.99. The van der Waals surface area contributed by atoms with Crippen LogP contribution in [0.3, 0.4) is 0 Å². The fourth-order valence-electron chi connectivity index (χ4n) is 1.46. The van der Waals surface area contributed by atoms with Crippen LogP contribution in [0, 0.1) is 13.8 Å². The summed E-state index contributed by atoms with van der Waals surface area (Å²) >= 11 is 1.61. The van der Waals surface area contributed by atoms with Gasteiger partial charge in [-0.2, -0.15) is 0 Å². The number of carbonyl (C=O) groups excluding carboxylic acids is 1. The number of thiophene rings is 1. The minimum atomic E-state index is 0.758. The molecule has 2 rings (SSSR count). The van der Waals surface area contributed by atoms with Crippen molar-refractivity contribution in [1.82, 2.24) is 0 Å². The molecule has 0 aliphatic rings. The molecule has 1 nitrogen and oxygen atoms in total. The van der Waals surface area contributed by atoms with E-state index < -0.39 is 0 Å². The standard InChI is InChI=1S/C13H12OS/c1-9-3-4-12(5-10(9)2)13-6-11(7-14)8-15-13/h3-8H,1-2H3. The van der Waals surface area contributed by atoms with E-state index in [2.05, 4.69) is 32.0 Å². The SMILES string of the molecule is Cc1ccc(-c2cc(C=O)cs2)cc1C. The summed E-state index contributed by atoms with van der Waals surface area (Å²) in [5.74, 6) is 0. The normalized spacial score (nSPS) is 10.3. The number of aryl methyl sites for hydroxylation is 2. The minimum Gasteiger partial charge on any atom is -0.298 e. The van der Waals surface area contributed by atoms with E-state index in [9.17, 15) is 4.79 Å². The van der Waals surface area contributed by atoms with Gasteiger partial charge in [0.2, 0.25) is 0 Å². The summed E-state index contributed by atoms with van der Waals surface area (Å²) in [5.41, 5.74) is 4.53. The van der Waals surface area contributed by atoms with E-state index in [1.54, 1.807) is 11.3 Å². The second-order valence-corrected chi connectivity index (χ2v) is 4.57. The average molecular weight is 216 g/mol. The zero-order valence-corrected chi connectivity index (χ0v) is 9.60. The van der Waals surface area contributed by atoms with Crippen molar-refractivity contribution in [3.8, 4) is 10.4 Å². The first kappa shape index (κ1) is 10.1. The Bertz CT molecular complexity index is 497. The molecule has 0 bridgehead atoms. The lowest BCUT2D eigenvalue weighted by Gasteiger charge is -2.02. The smallest absolute Gasteiger partial charge is 0.150 e. The molecule has 0 amide bonds. The zero-order valence-electron chi connectivity index (χ0n) is 8.78. The highest BCUT2D eigenvalue weighted by Crippen LogP contribution is 2.27. The average Bonchev–Trinajstić information content (AvgIpc) is 2.70. The summed E-state index contributed by atoms with van der Waals surface area (Å²) in [6.45, 7) is 4.21. The van der Waals surface area contributed by atoms with E-state index in [-0.39, 0.29) is 0 Å². The minimum absolute atomic E-state index is 0.758. The lowest BCUT2D eigenvalue weighted by Crippen LogP contribution is -1.81. The quantitative estimate of drug-likeness (QED) is 0.697. The van der Waals surface area contributed by atoms with Gasteiger partial charge in [-0.15, -0.1) is 11.3 Å². The number of hydrogen-bond acceptors (Lipinski definition) is 2. The van der Waals surface area contributed by atoms with Crippen molar-refractivity contribution in [2.75, 3.05) is 0 Å². The molecule has 0 N–H and O–H groups in total. The Labute approximate surface area is 93.4 Å². The summed E-state index contributed by atoms with van der Waals surface area (Å²) in [4.78, 5) is 11.7. The van der Waals surface area contributed by atoms with Crippen molar-refractivity contribution >= 4 is 17.6 Å². The molecule has 0 unspecified atom stereocenters. The maximum absolute atomic E-state index is 10.6. The van der Waals surface area contributed by atoms with Gasteiger partial charge in [-0.25, -0.2) is 0 Å². The van der Waals surface area contributed by atoms with Gasteiger partial charge >= 0.3 is 0 Å². The van der Waals surface area contributed by atoms with Gasteiger partial charge in [-0.05, 0) is 36.6 Å². The Kier molecular flexibility index (Phi) is 2.69. The van der Waals surface area contributed by atoms with Gasteiger partial charge in [0.25, 0.3) is 0 Å². The van der Waals surface area contributed by atoms with E-state index in [4.69, 9.17) is 0 Å². The van der Waals surface area contributed by atoms with E-state index in [1.807, 2.05) is 11.4 Å². The highest BCUT2D eigenvalue weighted by Gasteiger charge is 2.03. The van der Waals surface area contributed by atoms with Crippen LogP contribution in [0.15, 0.2) is 29.6 Å². The molecule has 1 heterocycles. The van der Waals surface area contributed by atoms with Gasteiger partial charge in [0, 0.05) is 15.8 Å². The van der Waals surface area contributed by atoms with Gasteiger partial charge in [0.1, 0.15) is 0 Å². The van der Waals surface area contributed by atoms with Gasteiger partial charge in [0.15, 0.2) is 6.29 Å². The van der Waals surface area contributed by atoms with Crippen molar-refractivity contribution in [3.05, 3.63) is 46.3 Å². The molecule has 0 fully saturated rings. The van der Waals surface area contributed by atoms with Gasteiger partial charge in [-0.1, -0.05) is 18.2 Å². The van der Waals surface area contributed by atoms with Gasteiger partial charge < -0.3 is 0 Å². The summed E-state index contributed by atoms with van der Waals surface area (Å²) in [6, 6.07) is 8.31. The predicted molar refractivity (Wildman–Crippen MR) is 64.6 cm³/mol. The Morgan fingerprint density at radius 1 is 1.13 bits per heavy atom. The molecule has 0 saturated heterocycles. The van der Waals surface area contributed by atoms with Crippen LogP contribution in [0.2, 0.25) is 0 Å². The van der Waals surface area contributed by atoms with Crippen LogP contribution in [0.25, 0.3) is 10.4 Å². The zero-order chi connectivity index (χ0) is 10.8. The topological polar surface area (TPSA) is 17.1 Å². The van der Waals surface area contributed by atoms with E-state index in [1.165, 1.54) is 16.7 Å². The molecule has 0 aliphatic carbocycles. The van der Waals surface area contributed by atoms with Crippen molar-refractivity contribution in [2.45, 2.75) is 13.8 Å². The Morgan fingerprint density at radius 2 is 1.93 bits per heavy atom. The summed E-state index contributed by atoms with van der Waals surface area (Å²) in [7, 11) is 0. The molecule has 76 valence electrons. The lowest BCUT2D eigenvalue weighted by molar-refractivity contribution is 0.112. The maximum Gasteiger partial charge on any atom is 0.150 e. The third-order valence-corrected chi connectivity index (χ3v) is 3.54. The highest BCUT2D eigenvalue weighted by atomic mass is 32.1. The monoisotopic (exact) mass is 216 g/mol. The lowest BCUT2D eigenvalue weighted by atomic mass is 10.1. The van der Waals surface area contributed by atoms with Crippen molar-refractivity contribution in [3.63, 3.8) is 0 Å². The Hall–Kier alpha value is -1.41. The molecule has 15 heavy (non-hydrogen) atoms. The predicted octanol–water partition coefficient (Wildman–Crippen LogP) is 3.84. The maximum atomic E-state index is 10.6. The third kappa shape index (κ3) is 2.00. The number of hydrogen-bond donors (Lipinski definition) is 0. The molecule has 0 aliphatic heterocycles. The largest absolute Gasteiger partial charge is 0.298 e. The van der Waals surface area contributed by atoms with Crippen LogP contribution in [0.1, 0.15) is 21.5 Å². The Balaban J connectivity index is 2.44. The number of benzene rings is 1. The molecule has 1 aromatic heterocycles. The molecule has 0 radical (unpaired) electrons. The van der Waals surface area contributed by atoms with E-state index >= 15 is 0 Å². The Morgan fingerprint density at radius 3 is 2.53 bits per heavy atom. The van der Waals surface area contributed by atoms with Crippen molar-refractivity contribution in [1.29, 1.82) is 0 Å². The van der Waals surface area contributed by atoms with Crippen LogP contribution in [0.5, 0.6) is 0 Å². The fourth-order valence-corrected chi connectivity index (χ4v) is 2.31. The first-order chi connectivity index (χ1) is 7.20. The van der Waals surface area contributed by atoms with E-state index in [0.29, 0.717) is 0 Å². The van der Waals surface area contributed by atoms with Crippen LogP contribution in [-0.4, -0.2) is 6.29 Å². The van der Waals surface area contributed by atoms with Gasteiger partial charge in [0.05, 0.1) is 0 Å². The van der Waals surface area contributed by atoms with Crippen LogP contribution in [0.4, 0.5) is 0 Å². The van der Waals surface area contributed by atoms with Gasteiger partial charge in [-0.3, -0.25) is 4.79 Å². The molecule has 2 aromatic rings. The number of aldehydes is 1. The molecule has 0 saturated carbocycles. The number of rotatable bonds is 2. The van der Waals surface area contributed by atoms with Crippen molar-refractivity contribution < 1.29 is 4.79 Å². The molecule has 0 atom stereocenters. The van der Waals surface area contributed by atoms with Crippen LogP contribution < -0.4 is 0 Å². The van der Waals surface area contributed by atoms with Crippen LogP contribution >= 0.6 is 11.3 Å². The molecule has 0 spiro atoms. The van der Waals surface area contributed by atoms with E-state index in [0.717, 1.165) is 16.7 Å².